The Morgan fingerprint density at radius 1 is 1.30 bits per heavy atom. The van der Waals surface area contributed by atoms with E-state index in [1.54, 1.807) is 14.2 Å². The lowest BCUT2D eigenvalue weighted by atomic mass is 10.2. The molecule has 0 aliphatic carbocycles. The molecule has 0 spiro atoms. The van der Waals surface area contributed by atoms with Crippen LogP contribution in [0.4, 0.5) is 0 Å². The molecular weight excluding hydrogens is 252 g/mol. The van der Waals surface area contributed by atoms with E-state index >= 15 is 0 Å². The van der Waals surface area contributed by atoms with Gasteiger partial charge in [0.25, 0.3) is 0 Å². The zero-order valence-corrected chi connectivity index (χ0v) is 12.9. The molecule has 1 aromatic rings. The van der Waals surface area contributed by atoms with Crippen LogP contribution in [0.3, 0.4) is 0 Å². The maximum Gasteiger partial charge on any atom is 0.191 e. The number of aliphatic imine (C=N–C) groups is 1. The van der Waals surface area contributed by atoms with Crippen molar-refractivity contribution in [1.82, 2.24) is 15.5 Å². The van der Waals surface area contributed by atoms with E-state index in [9.17, 15) is 0 Å². The molecule has 1 aromatic carbocycles. The van der Waals surface area contributed by atoms with Gasteiger partial charge in [0.2, 0.25) is 0 Å². The Labute approximate surface area is 122 Å². The predicted octanol–water partition coefficient (Wildman–Crippen LogP) is 1.31. The number of benzene rings is 1. The molecule has 5 heteroatoms. The summed E-state index contributed by atoms with van der Waals surface area (Å²) in [7, 11) is 5.57. The van der Waals surface area contributed by atoms with Crippen LogP contribution < -0.4 is 15.4 Å². The Hall–Kier alpha value is -1.75. The Bertz CT molecular complexity index is 420. The molecule has 1 rings (SSSR count). The summed E-state index contributed by atoms with van der Waals surface area (Å²) in [6.07, 6.45) is 0. The molecule has 2 N–H and O–H groups in total. The van der Waals surface area contributed by atoms with Crippen LogP contribution in [0.1, 0.15) is 12.5 Å². The number of nitrogens with zero attached hydrogens (tertiary/aromatic N) is 2. The second-order valence-electron chi connectivity index (χ2n) is 4.56. The van der Waals surface area contributed by atoms with E-state index in [2.05, 4.69) is 34.5 Å². The molecule has 20 heavy (non-hydrogen) atoms. The van der Waals surface area contributed by atoms with Crippen molar-refractivity contribution in [3.63, 3.8) is 0 Å². The first-order chi connectivity index (χ1) is 9.71. The van der Waals surface area contributed by atoms with Gasteiger partial charge in [0.05, 0.1) is 7.11 Å². The largest absolute Gasteiger partial charge is 0.496 e. The molecule has 0 bridgehead atoms. The quantitative estimate of drug-likeness (QED) is 0.583. The second-order valence-corrected chi connectivity index (χ2v) is 4.56. The second kappa shape index (κ2) is 9.20. The van der Waals surface area contributed by atoms with Crippen LogP contribution in [0.25, 0.3) is 0 Å². The van der Waals surface area contributed by atoms with Crippen LogP contribution in [0.15, 0.2) is 29.3 Å². The van der Waals surface area contributed by atoms with Gasteiger partial charge in [0.15, 0.2) is 5.96 Å². The van der Waals surface area contributed by atoms with Gasteiger partial charge < -0.3 is 20.3 Å². The normalized spacial score (nSPS) is 11.6. The van der Waals surface area contributed by atoms with Gasteiger partial charge in [-0.2, -0.15) is 0 Å². The predicted molar refractivity (Wildman–Crippen MR) is 84.4 cm³/mol. The highest BCUT2D eigenvalue weighted by Crippen LogP contribution is 2.16. The van der Waals surface area contributed by atoms with Crippen molar-refractivity contribution < 1.29 is 4.74 Å². The Balaban J connectivity index is 2.41. The standard InChI is InChI=1S/C15H26N4O/c1-5-19(3)11-10-17-15(16-2)18-12-13-8-6-7-9-14(13)20-4/h6-9H,5,10-12H2,1-4H3,(H2,16,17,18). The lowest BCUT2D eigenvalue weighted by Gasteiger charge is -2.17. The number of hydrogen-bond donors (Lipinski definition) is 2. The van der Waals surface area contributed by atoms with Crippen molar-refractivity contribution in [2.45, 2.75) is 13.5 Å². The van der Waals surface area contributed by atoms with E-state index in [0.717, 1.165) is 36.9 Å². The van der Waals surface area contributed by atoms with Crippen LogP contribution >= 0.6 is 0 Å². The van der Waals surface area contributed by atoms with Gasteiger partial charge in [-0.25, -0.2) is 0 Å². The smallest absolute Gasteiger partial charge is 0.191 e. The molecule has 0 unspecified atom stereocenters. The van der Waals surface area contributed by atoms with Gasteiger partial charge in [-0.3, -0.25) is 4.99 Å². The highest BCUT2D eigenvalue weighted by atomic mass is 16.5. The van der Waals surface area contributed by atoms with Gasteiger partial charge >= 0.3 is 0 Å². The lowest BCUT2D eigenvalue weighted by Crippen LogP contribution is -2.40. The van der Waals surface area contributed by atoms with Gasteiger partial charge in [0.1, 0.15) is 5.75 Å². The number of nitrogens with one attached hydrogen (secondary N) is 2. The molecule has 0 saturated carbocycles. The number of guanidine groups is 1. The molecule has 5 nitrogen and oxygen atoms in total. The van der Waals surface area contributed by atoms with Gasteiger partial charge in [-0.15, -0.1) is 0 Å². The number of hydrogen-bond acceptors (Lipinski definition) is 3. The van der Waals surface area contributed by atoms with Crippen molar-refractivity contribution in [1.29, 1.82) is 0 Å². The minimum atomic E-state index is 0.688. The van der Waals surface area contributed by atoms with Gasteiger partial charge in [-0.1, -0.05) is 25.1 Å². The monoisotopic (exact) mass is 278 g/mol. The maximum atomic E-state index is 5.33. The zero-order chi connectivity index (χ0) is 14.8. The van der Waals surface area contributed by atoms with Crippen LogP contribution in [-0.2, 0) is 6.54 Å². The third-order valence-corrected chi connectivity index (χ3v) is 3.19. The minimum Gasteiger partial charge on any atom is -0.496 e. The fourth-order valence-corrected chi connectivity index (χ4v) is 1.77. The molecule has 0 radical (unpaired) electrons. The van der Waals surface area contributed by atoms with Crippen LogP contribution in [0.2, 0.25) is 0 Å². The molecule has 0 amide bonds. The summed E-state index contributed by atoms with van der Waals surface area (Å²) < 4.78 is 5.33. The molecular formula is C15H26N4O. The highest BCUT2D eigenvalue weighted by molar-refractivity contribution is 5.79. The summed E-state index contributed by atoms with van der Waals surface area (Å²) in [6.45, 7) is 5.75. The maximum absolute atomic E-state index is 5.33. The number of rotatable bonds is 7. The van der Waals surface area contributed by atoms with Crippen LogP contribution in [-0.4, -0.2) is 51.7 Å². The average molecular weight is 278 g/mol. The first-order valence-corrected chi connectivity index (χ1v) is 6.96. The molecule has 0 atom stereocenters. The van der Waals surface area contributed by atoms with Crippen molar-refractivity contribution in [2.24, 2.45) is 4.99 Å². The number of likely N-dealkylation sites (N-methyl/N-ethyl adjacent to an activating group) is 1. The summed E-state index contributed by atoms with van der Waals surface area (Å²) in [5.41, 5.74) is 1.11. The summed E-state index contributed by atoms with van der Waals surface area (Å²) in [5, 5.41) is 6.59. The fourth-order valence-electron chi connectivity index (χ4n) is 1.77. The summed E-state index contributed by atoms with van der Waals surface area (Å²) in [5.74, 6) is 1.70. The number of methoxy groups -OCH3 is 1. The Kier molecular flexibility index (Phi) is 7.50. The first-order valence-electron chi connectivity index (χ1n) is 6.96. The van der Waals surface area contributed by atoms with E-state index in [1.807, 2.05) is 24.3 Å². The number of para-hydroxylation sites is 1. The molecule has 0 aromatic heterocycles. The third kappa shape index (κ3) is 5.48. The van der Waals surface area contributed by atoms with Gasteiger partial charge in [0, 0.05) is 32.2 Å². The van der Waals surface area contributed by atoms with Crippen LogP contribution in [0, 0.1) is 0 Å². The molecule has 0 aliphatic heterocycles. The third-order valence-electron chi connectivity index (χ3n) is 3.19. The first kappa shape index (κ1) is 16.3. The molecule has 0 fully saturated rings. The van der Waals surface area contributed by atoms with Crippen molar-refractivity contribution in [3.8, 4) is 5.75 Å². The summed E-state index contributed by atoms with van der Waals surface area (Å²) >= 11 is 0. The number of ether oxygens (including phenoxy) is 1. The van der Waals surface area contributed by atoms with E-state index in [0.29, 0.717) is 6.54 Å². The average Bonchev–Trinajstić information content (AvgIpc) is 2.50. The molecule has 0 aliphatic rings. The molecule has 112 valence electrons. The van der Waals surface area contributed by atoms with Crippen molar-refractivity contribution >= 4 is 5.96 Å². The van der Waals surface area contributed by atoms with E-state index in [1.165, 1.54) is 0 Å². The van der Waals surface area contributed by atoms with Crippen molar-refractivity contribution in [3.05, 3.63) is 29.8 Å². The summed E-state index contributed by atoms with van der Waals surface area (Å²) in [6, 6.07) is 7.98. The van der Waals surface area contributed by atoms with Crippen molar-refractivity contribution in [2.75, 3.05) is 40.8 Å². The Morgan fingerprint density at radius 3 is 2.70 bits per heavy atom. The zero-order valence-electron chi connectivity index (χ0n) is 12.9. The topological polar surface area (TPSA) is 48.9 Å². The Morgan fingerprint density at radius 2 is 2.05 bits per heavy atom. The fraction of sp³-hybridized carbons (Fsp3) is 0.533. The minimum absolute atomic E-state index is 0.688. The van der Waals surface area contributed by atoms with E-state index < -0.39 is 0 Å². The highest BCUT2D eigenvalue weighted by Gasteiger charge is 2.03. The SMILES string of the molecule is CCN(C)CCNC(=NC)NCc1ccccc1OC. The van der Waals surface area contributed by atoms with Crippen LogP contribution in [0.5, 0.6) is 5.75 Å². The van der Waals surface area contributed by atoms with Gasteiger partial charge in [-0.05, 0) is 19.7 Å². The van der Waals surface area contributed by atoms with E-state index in [4.69, 9.17) is 4.74 Å². The molecule has 0 heterocycles. The molecule has 0 saturated heterocycles. The lowest BCUT2D eigenvalue weighted by molar-refractivity contribution is 0.357. The van der Waals surface area contributed by atoms with E-state index in [-0.39, 0.29) is 0 Å². The summed E-state index contributed by atoms with van der Waals surface area (Å²) in [4.78, 5) is 6.47.